The summed E-state index contributed by atoms with van der Waals surface area (Å²) >= 11 is 0. The first-order valence-electron chi connectivity index (χ1n) is 19.9. The van der Waals surface area contributed by atoms with Crippen LogP contribution in [0.5, 0.6) is 0 Å². The second-order valence-corrected chi connectivity index (χ2v) is 14.8. The third kappa shape index (κ3) is 5.17. The van der Waals surface area contributed by atoms with Crippen molar-refractivity contribution in [2.45, 2.75) is 0 Å². The molecule has 0 aliphatic heterocycles. The molecule has 3 aromatic heterocycles. The largest absolute Gasteiger partial charge is 0.292 e. The van der Waals surface area contributed by atoms with Gasteiger partial charge in [-0.25, -0.2) is 15.0 Å². The maximum Gasteiger partial charge on any atom is 0.146 e. The Labute approximate surface area is 339 Å². The normalized spacial score (nSPS) is 11.7. The first-order valence-corrected chi connectivity index (χ1v) is 19.9. The van der Waals surface area contributed by atoms with Gasteiger partial charge >= 0.3 is 0 Å². The Morgan fingerprint density at radius 2 is 0.678 bits per heavy atom. The number of hydrogen-bond donors (Lipinski definition) is 0. The molecule has 6 nitrogen and oxygen atoms in total. The lowest BCUT2D eigenvalue weighted by atomic mass is 9.93. The van der Waals surface area contributed by atoms with Crippen LogP contribution in [0.2, 0.25) is 0 Å². The fourth-order valence-corrected chi connectivity index (χ4v) is 8.90. The van der Waals surface area contributed by atoms with E-state index >= 15 is 0 Å². The van der Waals surface area contributed by atoms with Gasteiger partial charge in [0.05, 0.1) is 38.8 Å². The van der Waals surface area contributed by atoms with Crippen LogP contribution in [0, 0.1) is 0 Å². The van der Waals surface area contributed by atoms with Gasteiger partial charge in [0.1, 0.15) is 17.5 Å². The van der Waals surface area contributed by atoms with Crippen LogP contribution < -0.4 is 0 Å². The van der Waals surface area contributed by atoms with Gasteiger partial charge in [-0.2, -0.15) is 0 Å². The number of fused-ring (bicyclic) bond motifs is 5. The number of aromatic nitrogens is 6. The molecular weight excluding hydrogens is 721 g/mol. The highest BCUT2D eigenvalue weighted by Gasteiger charge is 2.25. The van der Waals surface area contributed by atoms with E-state index in [-0.39, 0.29) is 0 Å². The van der Waals surface area contributed by atoms with Gasteiger partial charge in [-0.3, -0.25) is 13.7 Å². The average molecular weight is 755 g/mol. The molecule has 0 fully saturated rings. The molecule has 0 N–H and O–H groups in total. The zero-order valence-corrected chi connectivity index (χ0v) is 31.8. The molecule has 276 valence electrons. The summed E-state index contributed by atoms with van der Waals surface area (Å²) in [5, 5.41) is 4.34. The molecule has 0 aliphatic rings. The maximum absolute atomic E-state index is 5.39. The maximum atomic E-state index is 5.39. The lowest BCUT2D eigenvalue weighted by molar-refractivity contribution is 1.10. The second kappa shape index (κ2) is 13.3. The molecule has 0 saturated heterocycles. The molecular formula is C53H34N6. The van der Waals surface area contributed by atoms with Crippen LogP contribution >= 0.6 is 0 Å². The zero-order valence-electron chi connectivity index (χ0n) is 31.8. The van der Waals surface area contributed by atoms with Crippen LogP contribution in [0.25, 0.3) is 106 Å². The smallest absolute Gasteiger partial charge is 0.146 e. The van der Waals surface area contributed by atoms with Gasteiger partial charge in [-0.15, -0.1) is 0 Å². The van der Waals surface area contributed by atoms with E-state index in [1.807, 2.05) is 0 Å². The summed E-state index contributed by atoms with van der Waals surface area (Å²) in [6.07, 6.45) is 0. The van der Waals surface area contributed by atoms with E-state index in [2.05, 4.69) is 220 Å². The van der Waals surface area contributed by atoms with Crippen molar-refractivity contribution in [2.75, 3.05) is 0 Å². The minimum absolute atomic E-state index is 0.876. The highest BCUT2D eigenvalue weighted by molar-refractivity contribution is 6.16. The van der Waals surface area contributed by atoms with E-state index < -0.39 is 0 Å². The highest BCUT2D eigenvalue weighted by Crippen LogP contribution is 2.44. The molecule has 0 aliphatic carbocycles. The Morgan fingerprint density at radius 3 is 1.15 bits per heavy atom. The van der Waals surface area contributed by atoms with Crippen molar-refractivity contribution in [3.05, 3.63) is 206 Å². The van der Waals surface area contributed by atoms with Crippen LogP contribution in [0.3, 0.4) is 0 Å². The monoisotopic (exact) mass is 754 g/mol. The Kier molecular flexibility index (Phi) is 7.43. The van der Waals surface area contributed by atoms with E-state index in [1.54, 1.807) is 0 Å². The van der Waals surface area contributed by atoms with Crippen molar-refractivity contribution in [1.29, 1.82) is 0 Å². The van der Waals surface area contributed by atoms with E-state index in [0.29, 0.717) is 0 Å². The summed E-state index contributed by atoms with van der Waals surface area (Å²) < 4.78 is 6.94. The summed E-state index contributed by atoms with van der Waals surface area (Å²) in [5.74, 6) is 2.63. The molecule has 0 bridgehead atoms. The standard InChI is InChI=1S/C53H34N6/c1-4-18-35(19-5-1)51-54-46-30-12-15-33-49(46)59(51)50-38-24-16-26-40(52-55-44-28-10-13-31-47(44)57(52)36-20-6-2-7-21-36)42(38)34-43-39(50)25-17-27-41(43)53-56-45-29-11-14-32-48(45)58(53)37-22-8-3-9-23-37/h1-34H. The van der Waals surface area contributed by atoms with Gasteiger partial charge in [0.25, 0.3) is 0 Å². The molecule has 9 aromatic carbocycles. The molecule has 6 heteroatoms. The topological polar surface area (TPSA) is 53.5 Å². The summed E-state index contributed by atoms with van der Waals surface area (Å²) in [6, 6.07) is 72.4. The van der Waals surface area contributed by atoms with Gasteiger partial charge in [0.15, 0.2) is 0 Å². The van der Waals surface area contributed by atoms with Crippen molar-refractivity contribution in [3.8, 4) is 51.2 Å². The quantitative estimate of drug-likeness (QED) is 0.159. The molecule has 0 unspecified atom stereocenters. The third-order valence-corrected chi connectivity index (χ3v) is 11.5. The molecule has 0 saturated carbocycles. The summed E-state index contributed by atoms with van der Waals surface area (Å²) in [4.78, 5) is 16.1. The molecule has 59 heavy (non-hydrogen) atoms. The molecule has 0 spiro atoms. The third-order valence-electron chi connectivity index (χ3n) is 11.5. The first kappa shape index (κ1) is 33.1. The minimum atomic E-state index is 0.876. The van der Waals surface area contributed by atoms with Gasteiger partial charge in [0.2, 0.25) is 0 Å². The molecule has 0 amide bonds. The molecule has 0 radical (unpaired) electrons. The predicted molar refractivity (Wildman–Crippen MR) is 242 cm³/mol. The summed E-state index contributed by atoms with van der Waals surface area (Å²) in [5.41, 5.74) is 12.2. The number of hydrogen-bond acceptors (Lipinski definition) is 3. The molecule has 12 rings (SSSR count). The SMILES string of the molecule is c1ccc(-c2nc3ccccc3n2-c2c3cccc(-c4nc5ccccc5n4-c4ccccc4)c3cc3c(-c4nc5ccccc5n4-c4ccccc4)cccc23)cc1. The molecule has 12 aromatic rings. The number of para-hydroxylation sites is 8. The molecule has 3 heterocycles. The van der Waals surface area contributed by atoms with Crippen molar-refractivity contribution in [2.24, 2.45) is 0 Å². The Hall–Kier alpha value is -8.09. The predicted octanol–water partition coefficient (Wildman–Crippen LogP) is 13.0. The summed E-state index contributed by atoms with van der Waals surface area (Å²) in [6.45, 7) is 0. The van der Waals surface area contributed by atoms with Gasteiger partial charge < -0.3 is 0 Å². The van der Waals surface area contributed by atoms with Crippen molar-refractivity contribution in [1.82, 2.24) is 28.7 Å². The van der Waals surface area contributed by atoms with Crippen LogP contribution in [0.15, 0.2) is 206 Å². The van der Waals surface area contributed by atoms with Crippen LogP contribution in [0.1, 0.15) is 0 Å². The minimum Gasteiger partial charge on any atom is -0.292 e. The van der Waals surface area contributed by atoms with Crippen molar-refractivity contribution < 1.29 is 0 Å². The lowest BCUT2D eigenvalue weighted by Crippen LogP contribution is -2.03. The number of nitrogens with zero attached hydrogens (tertiary/aromatic N) is 6. The van der Waals surface area contributed by atoms with Gasteiger partial charge in [-0.1, -0.05) is 140 Å². The van der Waals surface area contributed by atoms with Crippen LogP contribution in [-0.4, -0.2) is 28.7 Å². The fourth-order valence-electron chi connectivity index (χ4n) is 8.90. The van der Waals surface area contributed by atoms with Crippen LogP contribution in [0.4, 0.5) is 0 Å². The Bertz CT molecular complexity index is 3370. The van der Waals surface area contributed by atoms with E-state index in [9.17, 15) is 0 Å². The van der Waals surface area contributed by atoms with Crippen LogP contribution in [-0.2, 0) is 0 Å². The van der Waals surface area contributed by atoms with Crippen molar-refractivity contribution in [3.63, 3.8) is 0 Å². The van der Waals surface area contributed by atoms with Gasteiger partial charge in [0, 0.05) is 38.8 Å². The Balaban J connectivity index is 1.26. The highest BCUT2D eigenvalue weighted by atomic mass is 15.1. The number of imidazole rings is 3. The Morgan fingerprint density at radius 1 is 0.288 bits per heavy atom. The molecule has 0 atom stereocenters. The van der Waals surface area contributed by atoms with E-state index in [0.717, 1.165) is 106 Å². The van der Waals surface area contributed by atoms with Gasteiger partial charge in [-0.05, 0) is 77.5 Å². The summed E-state index contributed by atoms with van der Waals surface area (Å²) in [7, 11) is 0. The van der Waals surface area contributed by atoms with E-state index in [1.165, 1.54) is 0 Å². The number of rotatable bonds is 6. The number of benzene rings is 9. The zero-order chi connectivity index (χ0) is 38.9. The first-order chi connectivity index (χ1) is 29.3. The van der Waals surface area contributed by atoms with E-state index in [4.69, 9.17) is 15.0 Å². The average Bonchev–Trinajstić information content (AvgIpc) is 4.01. The van der Waals surface area contributed by atoms with Crippen molar-refractivity contribution >= 4 is 54.6 Å². The fraction of sp³-hybridized carbons (Fsp3) is 0. The second-order valence-electron chi connectivity index (χ2n) is 14.8. The lowest BCUT2D eigenvalue weighted by Gasteiger charge is -2.20.